The van der Waals surface area contributed by atoms with Gasteiger partial charge >= 0.3 is 5.97 Å². The molecule has 4 aromatic rings. The number of nitrogens with zero attached hydrogens (tertiary/aromatic N) is 1. The van der Waals surface area contributed by atoms with E-state index in [0.717, 1.165) is 10.8 Å². The molecule has 5 nitrogen and oxygen atoms in total. The Balaban J connectivity index is 1.99. The van der Waals surface area contributed by atoms with Gasteiger partial charge in [0.1, 0.15) is 5.69 Å². The van der Waals surface area contributed by atoms with E-state index in [9.17, 15) is 14.4 Å². The molecule has 0 atom stereocenters. The van der Waals surface area contributed by atoms with Crippen molar-refractivity contribution in [1.82, 2.24) is 4.40 Å². The minimum absolute atomic E-state index is 0.102. The van der Waals surface area contributed by atoms with Crippen LogP contribution < -0.4 is 0 Å². The van der Waals surface area contributed by atoms with Gasteiger partial charge in [0.05, 0.1) is 23.3 Å². The van der Waals surface area contributed by atoms with Gasteiger partial charge in [-0.05, 0) is 18.4 Å². The molecule has 2 heterocycles. The minimum Gasteiger partial charge on any atom is -0.461 e. The molecule has 5 heteroatoms. The van der Waals surface area contributed by atoms with Gasteiger partial charge in [0.2, 0.25) is 0 Å². The first kappa shape index (κ1) is 16.4. The number of esters is 1. The second-order valence-electron chi connectivity index (χ2n) is 6.64. The molecule has 0 saturated carbocycles. The Morgan fingerprint density at radius 3 is 2.25 bits per heavy atom. The third-order valence-electron chi connectivity index (χ3n) is 5.16. The lowest BCUT2D eigenvalue weighted by Gasteiger charge is -2.15. The summed E-state index contributed by atoms with van der Waals surface area (Å²) in [7, 11) is 0. The molecule has 0 radical (unpaired) electrons. The number of aromatic nitrogens is 1. The second kappa shape index (κ2) is 5.89. The van der Waals surface area contributed by atoms with Crippen molar-refractivity contribution in [2.45, 2.75) is 6.92 Å². The van der Waals surface area contributed by atoms with Crippen molar-refractivity contribution in [3.63, 3.8) is 0 Å². The van der Waals surface area contributed by atoms with Crippen molar-refractivity contribution in [2.75, 3.05) is 6.61 Å². The van der Waals surface area contributed by atoms with Crippen molar-refractivity contribution in [3.8, 4) is 0 Å². The van der Waals surface area contributed by atoms with Crippen LogP contribution in [0.5, 0.6) is 0 Å². The molecule has 2 aromatic heterocycles. The highest BCUT2D eigenvalue weighted by Crippen LogP contribution is 2.37. The number of fused-ring (bicyclic) bond motifs is 6. The monoisotopic (exact) mass is 369 g/mol. The predicted molar refractivity (Wildman–Crippen MR) is 104 cm³/mol. The number of benzene rings is 2. The maximum absolute atomic E-state index is 13.4. The number of hydrogen-bond acceptors (Lipinski definition) is 4. The van der Waals surface area contributed by atoms with Gasteiger partial charge in [0, 0.05) is 22.7 Å². The van der Waals surface area contributed by atoms with Gasteiger partial charge in [-0.25, -0.2) is 4.79 Å². The molecule has 0 unspecified atom stereocenters. The number of pyridine rings is 1. The normalized spacial score (nSPS) is 12.9. The third-order valence-corrected chi connectivity index (χ3v) is 5.16. The lowest BCUT2D eigenvalue weighted by atomic mass is 9.84. The Hall–Kier alpha value is -3.73. The summed E-state index contributed by atoms with van der Waals surface area (Å²) in [5, 5.41) is 1.72. The molecular weight excluding hydrogens is 354 g/mol. The van der Waals surface area contributed by atoms with Crippen LogP contribution in [0, 0.1) is 0 Å². The summed E-state index contributed by atoms with van der Waals surface area (Å²) < 4.78 is 6.84. The van der Waals surface area contributed by atoms with Gasteiger partial charge in [0.15, 0.2) is 11.6 Å². The van der Waals surface area contributed by atoms with E-state index in [4.69, 9.17) is 4.74 Å². The van der Waals surface area contributed by atoms with E-state index in [1.54, 1.807) is 41.8 Å². The summed E-state index contributed by atoms with van der Waals surface area (Å²) in [6, 6.07) is 16.2. The third kappa shape index (κ3) is 2.04. The SMILES string of the molecule is CCOC(=O)c1c2c(c3c4ccccc4ccn13)C(=O)c1ccccc1C2=O. The van der Waals surface area contributed by atoms with Crippen molar-refractivity contribution >= 4 is 33.8 Å². The maximum atomic E-state index is 13.4. The average Bonchev–Trinajstić information content (AvgIpc) is 3.08. The average molecular weight is 369 g/mol. The topological polar surface area (TPSA) is 64.8 Å². The first-order valence-corrected chi connectivity index (χ1v) is 9.04. The summed E-state index contributed by atoms with van der Waals surface area (Å²) in [5.74, 6) is -1.20. The largest absolute Gasteiger partial charge is 0.461 e. The van der Waals surface area contributed by atoms with Gasteiger partial charge in [-0.3, -0.25) is 9.59 Å². The van der Waals surface area contributed by atoms with Gasteiger partial charge in [0.25, 0.3) is 0 Å². The zero-order valence-corrected chi connectivity index (χ0v) is 15.1. The van der Waals surface area contributed by atoms with Gasteiger partial charge in [-0.1, -0.05) is 48.5 Å². The van der Waals surface area contributed by atoms with E-state index in [1.807, 2.05) is 30.3 Å². The lowest BCUT2D eigenvalue weighted by molar-refractivity contribution is 0.0515. The summed E-state index contributed by atoms with van der Waals surface area (Å²) in [6.45, 7) is 1.88. The first-order valence-electron chi connectivity index (χ1n) is 9.04. The molecule has 0 bridgehead atoms. The molecule has 5 rings (SSSR count). The zero-order valence-electron chi connectivity index (χ0n) is 15.1. The molecular formula is C23H15NO4. The maximum Gasteiger partial charge on any atom is 0.356 e. The smallest absolute Gasteiger partial charge is 0.356 e. The van der Waals surface area contributed by atoms with Crippen LogP contribution in [0.2, 0.25) is 0 Å². The lowest BCUT2D eigenvalue weighted by Crippen LogP contribution is -2.22. The van der Waals surface area contributed by atoms with Crippen molar-refractivity contribution in [1.29, 1.82) is 0 Å². The number of ketones is 2. The number of ether oxygens (including phenoxy) is 1. The highest BCUT2D eigenvalue weighted by Gasteiger charge is 2.38. The molecule has 0 aliphatic heterocycles. The number of hydrogen-bond donors (Lipinski definition) is 0. The predicted octanol–water partition coefficient (Wildman–Crippen LogP) is 4.04. The van der Waals surface area contributed by atoms with Crippen LogP contribution in [-0.2, 0) is 4.74 Å². The molecule has 0 amide bonds. The molecule has 0 fully saturated rings. The number of rotatable bonds is 2. The Labute approximate surface area is 160 Å². The quantitative estimate of drug-likeness (QED) is 0.441. The molecule has 0 spiro atoms. The number of carbonyl (C=O) groups is 3. The van der Waals surface area contributed by atoms with Crippen LogP contribution in [-0.4, -0.2) is 28.5 Å². The Morgan fingerprint density at radius 2 is 1.54 bits per heavy atom. The highest BCUT2D eigenvalue weighted by molar-refractivity contribution is 6.34. The van der Waals surface area contributed by atoms with Crippen LogP contribution >= 0.6 is 0 Å². The van der Waals surface area contributed by atoms with E-state index in [0.29, 0.717) is 16.6 Å². The summed E-state index contributed by atoms with van der Waals surface area (Å²) >= 11 is 0. The van der Waals surface area contributed by atoms with Crippen molar-refractivity contribution < 1.29 is 19.1 Å². The van der Waals surface area contributed by atoms with E-state index >= 15 is 0 Å². The van der Waals surface area contributed by atoms with Crippen LogP contribution in [0.15, 0.2) is 60.8 Å². The fourth-order valence-electron chi connectivity index (χ4n) is 4.01. The summed E-state index contributed by atoms with van der Waals surface area (Å²) in [5.41, 5.74) is 1.72. The molecule has 1 aliphatic carbocycles. The van der Waals surface area contributed by atoms with Crippen LogP contribution in [0.1, 0.15) is 49.3 Å². The van der Waals surface area contributed by atoms with E-state index in [1.165, 1.54) is 0 Å². The van der Waals surface area contributed by atoms with Crippen LogP contribution in [0.4, 0.5) is 0 Å². The standard InChI is InChI=1S/C23H15NO4/c1-2-28-23(27)20-18-17(21(25)15-9-5-6-10-16(15)22(18)26)19-14-8-4-3-7-13(14)11-12-24(19)20/h3-12H,2H2,1H3. The van der Waals surface area contributed by atoms with E-state index < -0.39 is 5.97 Å². The molecule has 0 saturated heterocycles. The first-order chi connectivity index (χ1) is 13.6. The fraction of sp³-hybridized carbons (Fsp3) is 0.0870. The Bertz CT molecular complexity index is 1330. The van der Waals surface area contributed by atoms with Gasteiger partial charge < -0.3 is 9.14 Å². The van der Waals surface area contributed by atoms with Crippen molar-refractivity contribution in [2.24, 2.45) is 0 Å². The van der Waals surface area contributed by atoms with E-state index in [-0.39, 0.29) is 35.0 Å². The van der Waals surface area contributed by atoms with Gasteiger partial charge in [-0.15, -0.1) is 0 Å². The molecule has 28 heavy (non-hydrogen) atoms. The fourth-order valence-corrected chi connectivity index (χ4v) is 4.01. The van der Waals surface area contributed by atoms with Crippen LogP contribution in [0.3, 0.4) is 0 Å². The molecule has 1 aliphatic rings. The summed E-state index contributed by atoms with van der Waals surface area (Å²) in [6.07, 6.45) is 1.72. The Morgan fingerprint density at radius 1 is 0.893 bits per heavy atom. The molecule has 0 N–H and O–H groups in total. The van der Waals surface area contributed by atoms with Crippen LogP contribution in [0.25, 0.3) is 16.3 Å². The number of carbonyl (C=O) groups excluding carboxylic acids is 3. The Kier molecular flexibility index (Phi) is 3.46. The zero-order chi connectivity index (χ0) is 19.4. The highest BCUT2D eigenvalue weighted by atomic mass is 16.5. The summed E-state index contributed by atoms with van der Waals surface area (Å²) in [4.78, 5) is 39.5. The molecule has 136 valence electrons. The van der Waals surface area contributed by atoms with Gasteiger partial charge in [-0.2, -0.15) is 0 Å². The second-order valence-corrected chi connectivity index (χ2v) is 6.64. The van der Waals surface area contributed by atoms with E-state index in [2.05, 4.69) is 0 Å². The van der Waals surface area contributed by atoms with Crippen molar-refractivity contribution in [3.05, 3.63) is 88.7 Å². The minimum atomic E-state index is -0.616. The molecule has 2 aromatic carbocycles.